The summed E-state index contributed by atoms with van der Waals surface area (Å²) in [5.41, 5.74) is 2.04. The summed E-state index contributed by atoms with van der Waals surface area (Å²) >= 11 is 2.89. The maximum absolute atomic E-state index is 12.8. The van der Waals surface area contributed by atoms with E-state index in [4.69, 9.17) is 4.74 Å². The second-order valence-corrected chi connectivity index (χ2v) is 8.87. The molecule has 2 aromatic carbocycles. The lowest BCUT2D eigenvalue weighted by Gasteiger charge is -2.13. The summed E-state index contributed by atoms with van der Waals surface area (Å²) in [6.07, 6.45) is 0.400. The van der Waals surface area contributed by atoms with Crippen LogP contribution in [-0.2, 0) is 4.79 Å². The lowest BCUT2D eigenvalue weighted by Crippen LogP contribution is -2.10. The number of carbonyl (C=O) groups is 2. The fourth-order valence-corrected chi connectivity index (χ4v) is 4.70. The largest absolute Gasteiger partial charge is 0.495 e. The number of para-hydroxylation sites is 2. The van der Waals surface area contributed by atoms with Crippen LogP contribution in [0.4, 0.5) is 5.69 Å². The van der Waals surface area contributed by atoms with Crippen LogP contribution < -0.4 is 10.1 Å². The lowest BCUT2D eigenvalue weighted by atomic mass is 10.1. The van der Waals surface area contributed by atoms with Crippen molar-refractivity contribution in [1.82, 2.24) is 14.8 Å². The molecule has 0 saturated heterocycles. The Balaban J connectivity index is 1.57. The van der Waals surface area contributed by atoms with Crippen molar-refractivity contribution in [2.24, 2.45) is 0 Å². The minimum atomic E-state index is -0.0677. The standard InChI is InChI=1S/C24H22N4O3S2/c1-3-22(30)25-17-12-10-16(11-13-17)19(29)15-33-24-27-26-23(21-9-6-14-32-21)28(24)18-7-4-5-8-20(18)31-2/h4-14H,3,15H2,1-2H3,(H,25,30). The van der Waals surface area contributed by atoms with Gasteiger partial charge in [0.25, 0.3) is 0 Å². The van der Waals surface area contributed by atoms with E-state index in [-0.39, 0.29) is 17.4 Å². The van der Waals surface area contributed by atoms with Gasteiger partial charge in [0.1, 0.15) is 5.75 Å². The number of thioether (sulfide) groups is 1. The summed E-state index contributed by atoms with van der Waals surface area (Å²) in [5, 5.41) is 14.1. The number of aromatic nitrogens is 3. The molecular formula is C24H22N4O3S2. The normalized spacial score (nSPS) is 10.7. The zero-order valence-electron chi connectivity index (χ0n) is 18.1. The van der Waals surface area contributed by atoms with E-state index in [0.29, 0.717) is 34.4 Å². The average Bonchev–Trinajstić information content (AvgIpc) is 3.52. The highest BCUT2D eigenvalue weighted by Crippen LogP contribution is 2.34. The Bertz CT molecular complexity index is 1250. The van der Waals surface area contributed by atoms with Crippen LogP contribution in [0.5, 0.6) is 5.75 Å². The maximum atomic E-state index is 12.8. The summed E-state index contributed by atoms with van der Waals surface area (Å²) in [7, 11) is 1.62. The monoisotopic (exact) mass is 478 g/mol. The number of hydrogen-bond acceptors (Lipinski definition) is 7. The van der Waals surface area contributed by atoms with E-state index in [1.165, 1.54) is 11.8 Å². The Morgan fingerprint density at radius 3 is 2.55 bits per heavy atom. The van der Waals surface area contributed by atoms with Crippen molar-refractivity contribution in [2.45, 2.75) is 18.5 Å². The Hall–Kier alpha value is -3.43. The fraction of sp³-hybridized carbons (Fsp3) is 0.167. The van der Waals surface area contributed by atoms with Gasteiger partial charge in [0.2, 0.25) is 5.91 Å². The van der Waals surface area contributed by atoms with E-state index in [1.807, 2.05) is 46.3 Å². The minimum absolute atomic E-state index is 0.0411. The zero-order chi connectivity index (χ0) is 23.2. The van der Waals surface area contributed by atoms with Gasteiger partial charge >= 0.3 is 0 Å². The fourth-order valence-electron chi connectivity index (χ4n) is 3.16. The molecule has 0 aliphatic heterocycles. The van der Waals surface area contributed by atoms with Gasteiger partial charge < -0.3 is 10.1 Å². The van der Waals surface area contributed by atoms with Crippen molar-refractivity contribution in [1.29, 1.82) is 0 Å². The van der Waals surface area contributed by atoms with E-state index < -0.39 is 0 Å². The van der Waals surface area contributed by atoms with Crippen LogP contribution in [-0.4, -0.2) is 39.3 Å². The smallest absolute Gasteiger partial charge is 0.224 e. The molecule has 0 unspecified atom stereocenters. The van der Waals surface area contributed by atoms with Crippen LogP contribution in [0, 0.1) is 0 Å². The van der Waals surface area contributed by atoms with Crippen LogP contribution in [0.25, 0.3) is 16.4 Å². The van der Waals surface area contributed by atoms with Gasteiger partial charge in [-0.25, -0.2) is 0 Å². The Morgan fingerprint density at radius 1 is 1.06 bits per heavy atom. The molecule has 1 amide bonds. The second kappa shape index (κ2) is 10.5. The number of nitrogens with zero attached hydrogens (tertiary/aromatic N) is 3. The van der Waals surface area contributed by atoms with Gasteiger partial charge in [-0.05, 0) is 47.8 Å². The number of methoxy groups -OCH3 is 1. The number of carbonyl (C=O) groups excluding carboxylic acids is 2. The van der Waals surface area contributed by atoms with E-state index >= 15 is 0 Å². The molecule has 2 aromatic heterocycles. The van der Waals surface area contributed by atoms with Crippen LogP contribution in [0.1, 0.15) is 23.7 Å². The number of hydrogen-bond donors (Lipinski definition) is 1. The molecular weight excluding hydrogens is 456 g/mol. The third-order valence-electron chi connectivity index (χ3n) is 4.85. The summed E-state index contributed by atoms with van der Waals surface area (Å²) in [4.78, 5) is 25.3. The average molecular weight is 479 g/mol. The summed E-state index contributed by atoms with van der Waals surface area (Å²) < 4.78 is 7.48. The quantitative estimate of drug-likeness (QED) is 0.259. The molecule has 0 atom stereocenters. The van der Waals surface area contributed by atoms with Gasteiger partial charge in [0.15, 0.2) is 16.8 Å². The van der Waals surface area contributed by atoms with E-state index in [0.717, 1.165) is 10.6 Å². The number of anilines is 1. The molecule has 168 valence electrons. The number of ketones is 1. The highest BCUT2D eigenvalue weighted by atomic mass is 32.2. The zero-order valence-corrected chi connectivity index (χ0v) is 19.8. The first-order valence-electron chi connectivity index (χ1n) is 10.3. The number of benzene rings is 2. The van der Waals surface area contributed by atoms with Crippen LogP contribution in [0.15, 0.2) is 71.2 Å². The maximum Gasteiger partial charge on any atom is 0.224 e. The third kappa shape index (κ3) is 5.15. The Kier molecular flexibility index (Phi) is 7.21. The molecule has 0 fully saturated rings. The third-order valence-corrected chi connectivity index (χ3v) is 6.64. The second-order valence-electron chi connectivity index (χ2n) is 6.98. The molecule has 0 spiro atoms. The van der Waals surface area contributed by atoms with Crippen LogP contribution in [0.2, 0.25) is 0 Å². The SMILES string of the molecule is CCC(=O)Nc1ccc(C(=O)CSc2nnc(-c3cccs3)n2-c2ccccc2OC)cc1. The molecule has 4 rings (SSSR count). The molecule has 0 saturated carbocycles. The van der Waals surface area contributed by atoms with Crippen LogP contribution in [0.3, 0.4) is 0 Å². The first-order chi connectivity index (χ1) is 16.1. The van der Waals surface area contributed by atoms with Gasteiger partial charge in [-0.1, -0.05) is 36.9 Å². The van der Waals surface area contributed by atoms with Gasteiger partial charge in [-0.3, -0.25) is 14.2 Å². The van der Waals surface area contributed by atoms with Gasteiger partial charge in [-0.2, -0.15) is 0 Å². The van der Waals surface area contributed by atoms with Crippen LogP contribution >= 0.6 is 23.1 Å². The van der Waals surface area contributed by atoms with Crippen molar-refractivity contribution in [2.75, 3.05) is 18.2 Å². The molecule has 4 aromatic rings. The number of nitrogens with one attached hydrogen (secondary N) is 1. The molecule has 1 N–H and O–H groups in total. The van der Waals surface area contributed by atoms with Crippen molar-refractivity contribution in [3.8, 4) is 22.1 Å². The van der Waals surface area contributed by atoms with Crippen molar-refractivity contribution < 1.29 is 14.3 Å². The lowest BCUT2D eigenvalue weighted by molar-refractivity contribution is -0.115. The summed E-state index contributed by atoms with van der Waals surface area (Å²) in [5.74, 6) is 1.47. The van der Waals surface area contributed by atoms with Gasteiger partial charge in [0.05, 0.1) is 23.4 Å². The molecule has 2 heterocycles. The predicted molar refractivity (Wildman–Crippen MR) is 132 cm³/mol. The van der Waals surface area contributed by atoms with Crippen molar-refractivity contribution in [3.63, 3.8) is 0 Å². The molecule has 0 aliphatic rings. The first-order valence-corrected chi connectivity index (χ1v) is 12.2. The molecule has 0 aliphatic carbocycles. The minimum Gasteiger partial charge on any atom is -0.495 e. The summed E-state index contributed by atoms with van der Waals surface area (Å²) in [6.45, 7) is 1.79. The van der Waals surface area contributed by atoms with Crippen molar-refractivity contribution in [3.05, 3.63) is 71.6 Å². The highest BCUT2D eigenvalue weighted by molar-refractivity contribution is 7.99. The molecule has 0 bridgehead atoms. The number of thiophene rings is 1. The van der Waals surface area contributed by atoms with Crippen molar-refractivity contribution >= 4 is 40.5 Å². The van der Waals surface area contributed by atoms with Gasteiger partial charge in [0, 0.05) is 17.7 Å². The summed E-state index contributed by atoms with van der Waals surface area (Å²) in [6, 6.07) is 18.5. The Labute approximate surface area is 199 Å². The molecule has 33 heavy (non-hydrogen) atoms. The molecule has 7 nitrogen and oxygen atoms in total. The Morgan fingerprint density at radius 2 is 1.85 bits per heavy atom. The highest BCUT2D eigenvalue weighted by Gasteiger charge is 2.20. The van der Waals surface area contributed by atoms with E-state index in [9.17, 15) is 9.59 Å². The molecule has 0 radical (unpaired) electrons. The predicted octanol–water partition coefficient (Wildman–Crippen LogP) is 5.33. The molecule has 9 heteroatoms. The number of ether oxygens (including phenoxy) is 1. The van der Waals surface area contributed by atoms with E-state index in [2.05, 4.69) is 15.5 Å². The van der Waals surface area contributed by atoms with E-state index in [1.54, 1.807) is 49.6 Å². The number of amides is 1. The van der Waals surface area contributed by atoms with Gasteiger partial charge in [-0.15, -0.1) is 21.5 Å². The first kappa shape index (κ1) is 22.8. The topological polar surface area (TPSA) is 86.1 Å². The number of Topliss-reactive ketones (excluding diaryl/α,β-unsaturated/α-hetero) is 1. The number of rotatable bonds is 9.